The van der Waals surface area contributed by atoms with Crippen LogP contribution in [-0.2, 0) is 13.9 Å². The van der Waals surface area contributed by atoms with E-state index in [1.54, 1.807) is 30.3 Å². The highest BCUT2D eigenvalue weighted by atomic mass is 28.4. The maximum absolute atomic E-state index is 15.6. The zero-order chi connectivity index (χ0) is 23.7. The number of alkyl halides is 1. The van der Waals surface area contributed by atoms with E-state index in [-0.39, 0.29) is 11.6 Å². The normalized spacial score (nSPS) is 23.8. The van der Waals surface area contributed by atoms with Crippen LogP contribution in [0.3, 0.4) is 0 Å². The highest BCUT2D eigenvalue weighted by molar-refractivity contribution is 6.74. The number of carbonyl (C=O) groups is 1. The highest BCUT2D eigenvalue weighted by Crippen LogP contribution is 2.42. The molecule has 32 heavy (non-hydrogen) atoms. The van der Waals surface area contributed by atoms with Crippen molar-refractivity contribution in [3.8, 4) is 0 Å². The molecule has 1 aromatic carbocycles. The Labute approximate surface area is 186 Å². The molecule has 0 spiro atoms. The third kappa shape index (κ3) is 5.08. The molecule has 174 valence electrons. The molecule has 10 heteroatoms. The maximum atomic E-state index is 15.6. The van der Waals surface area contributed by atoms with Gasteiger partial charge in [-0.1, -0.05) is 39.0 Å². The lowest BCUT2D eigenvalue weighted by molar-refractivity contribution is -0.0543. The fraction of sp³-hybridized carbons (Fsp3) is 0.500. The molecule has 0 saturated carbocycles. The topological polar surface area (TPSA) is 99.6 Å². The van der Waals surface area contributed by atoms with Crippen LogP contribution in [0.25, 0.3) is 0 Å². The number of hydrogen-bond acceptors (Lipinski definition) is 6. The number of benzene rings is 1. The van der Waals surface area contributed by atoms with Crippen molar-refractivity contribution in [3.05, 3.63) is 69.0 Å². The number of hydrogen-bond donors (Lipinski definition) is 1. The summed E-state index contributed by atoms with van der Waals surface area (Å²) in [4.78, 5) is 38.1. The lowest BCUT2D eigenvalue weighted by Crippen LogP contribution is -2.49. The van der Waals surface area contributed by atoms with E-state index in [9.17, 15) is 14.4 Å². The summed E-state index contributed by atoms with van der Waals surface area (Å²) in [7, 11) is -2.43. The molecule has 3 rings (SSSR count). The van der Waals surface area contributed by atoms with E-state index >= 15 is 4.39 Å². The molecule has 1 aromatic heterocycles. The Morgan fingerprint density at radius 3 is 2.44 bits per heavy atom. The van der Waals surface area contributed by atoms with Crippen molar-refractivity contribution in [3.63, 3.8) is 0 Å². The summed E-state index contributed by atoms with van der Waals surface area (Å²) in [5, 5.41) is -0.203. The van der Waals surface area contributed by atoms with Crippen LogP contribution in [0, 0.1) is 0 Å². The Kier molecular flexibility index (Phi) is 6.87. The van der Waals surface area contributed by atoms with Gasteiger partial charge in [-0.05, 0) is 30.3 Å². The summed E-state index contributed by atoms with van der Waals surface area (Å²) in [5.41, 5.74) is -1.03. The molecular formula is C22H29FN2O6Si. The number of aromatic amines is 1. The number of nitrogens with zero attached hydrogens (tertiary/aromatic N) is 1. The second-order valence-corrected chi connectivity index (χ2v) is 14.1. The summed E-state index contributed by atoms with van der Waals surface area (Å²) in [6.45, 7) is 9.78. The van der Waals surface area contributed by atoms with Crippen molar-refractivity contribution in [2.45, 2.75) is 63.5 Å². The third-order valence-corrected chi connectivity index (χ3v) is 10.5. The van der Waals surface area contributed by atoms with E-state index in [1.165, 1.54) is 6.20 Å². The Morgan fingerprint density at radius 2 is 1.84 bits per heavy atom. The quantitative estimate of drug-likeness (QED) is 0.521. The van der Waals surface area contributed by atoms with Gasteiger partial charge < -0.3 is 13.9 Å². The van der Waals surface area contributed by atoms with E-state index in [2.05, 4.69) is 4.98 Å². The number of rotatable bonds is 6. The van der Waals surface area contributed by atoms with Crippen LogP contribution >= 0.6 is 0 Å². The zero-order valence-corrected chi connectivity index (χ0v) is 19.8. The molecular weight excluding hydrogens is 435 g/mol. The number of halogens is 1. The predicted octanol–water partition coefficient (Wildman–Crippen LogP) is 3.02. The largest absolute Gasteiger partial charge is 0.459 e. The standard InChI is InChI=1S/C22H29FN2O6Si/c1-22(2,3)32(4,5)31-18-15(13-29-20(27)14-9-7-6-8-10-14)30-19(17(18)23)25-12-11-16(26)24-21(25)28/h6-12,15,17-19H,13H2,1-5H3,(H,24,26,28)/t15-,17+,18-,19-/m1/s1. The van der Waals surface area contributed by atoms with Crippen LogP contribution < -0.4 is 11.2 Å². The second-order valence-electron chi connectivity index (χ2n) is 9.33. The summed E-state index contributed by atoms with van der Waals surface area (Å²) in [5.74, 6) is -0.569. The zero-order valence-electron chi connectivity index (χ0n) is 18.8. The minimum atomic E-state index is -2.43. The number of esters is 1. The lowest BCUT2D eigenvalue weighted by Gasteiger charge is -2.39. The van der Waals surface area contributed by atoms with Crippen molar-refractivity contribution in [1.29, 1.82) is 0 Å². The summed E-state index contributed by atoms with van der Waals surface area (Å²) >= 11 is 0. The molecule has 0 aliphatic carbocycles. The number of ether oxygens (including phenoxy) is 2. The van der Waals surface area contributed by atoms with Crippen LogP contribution in [0.2, 0.25) is 18.1 Å². The summed E-state index contributed by atoms with van der Waals surface area (Å²) < 4.78 is 34.1. The molecule has 1 saturated heterocycles. The third-order valence-electron chi connectivity index (χ3n) is 6.02. The SMILES string of the molecule is CC(C)(C)[Si](C)(C)O[C@H]1[C@H](F)[C@H](n2ccc(=O)[nH]c2=O)O[C@@H]1COC(=O)c1ccccc1. The van der Waals surface area contributed by atoms with Crippen molar-refractivity contribution >= 4 is 14.3 Å². The lowest BCUT2D eigenvalue weighted by atomic mass is 10.1. The fourth-order valence-electron chi connectivity index (χ4n) is 3.15. The average Bonchev–Trinajstić information content (AvgIpc) is 3.01. The van der Waals surface area contributed by atoms with Gasteiger partial charge in [0.2, 0.25) is 0 Å². The van der Waals surface area contributed by atoms with Gasteiger partial charge in [-0.2, -0.15) is 0 Å². The Morgan fingerprint density at radius 1 is 1.19 bits per heavy atom. The molecule has 1 fully saturated rings. The van der Waals surface area contributed by atoms with Crippen LogP contribution in [-0.4, -0.2) is 48.8 Å². The molecule has 1 N–H and O–H groups in total. The van der Waals surface area contributed by atoms with E-state index in [0.717, 1.165) is 10.6 Å². The first kappa shape index (κ1) is 24.1. The van der Waals surface area contributed by atoms with Crippen LogP contribution in [0.1, 0.15) is 37.4 Å². The van der Waals surface area contributed by atoms with Gasteiger partial charge in [-0.25, -0.2) is 14.0 Å². The van der Waals surface area contributed by atoms with Gasteiger partial charge in [0.1, 0.15) is 18.8 Å². The molecule has 1 aliphatic heterocycles. The van der Waals surface area contributed by atoms with Crippen LogP contribution in [0.4, 0.5) is 4.39 Å². The van der Waals surface area contributed by atoms with E-state index < -0.39 is 50.1 Å². The van der Waals surface area contributed by atoms with Crippen molar-refractivity contribution in [2.75, 3.05) is 6.61 Å². The minimum absolute atomic E-state index is 0.203. The van der Waals surface area contributed by atoms with Gasteiger partial charge in [-0.15, -0.1) is 0 Å². The summed E-state index contributed by atoms with van der Waals surface area (Å²) in [6, 6.07) is 9.54. The maximum Gasteiger partial charge on any atom is 0.338 e. The van der Waals surface area contributed by atoms with Gasteiger partial charge in [0.25, 0.3) is 5.56 Å². The Bertz CT molecular complexity index is 1060. The van der Waals surface area contributed by atoms with Gasteiger partial charge in [0.15, 0.2) is 20.7 Å². The fourth-order valence-corrected chi connectivity index (χ4v) is 4.47. The smallest absolute Gasteiger partial charge is 0.338 e. The molecule has 0 amide bonds. The molecule has 1 aliphatic rings. The van der Waals surface area contributed by atoms with E-state index in [4.69, 9.17) is 13.9 Å². The number of carbonyl (C=O) groups excluding carboxylic acids is 1. The van der Waals surface area contributed by atoms with Gasteiger partial charge in [0.05, 0.1) is 5.56 Å². The van der Waals surface area contributed by atoms with Crippen molar-refractivity contribution < 1.29 is 23.1 Å². The monoisotopic (exact) mass is 464 g/mol. The van der Waals surface area contributed by atoms with E-state index in [0.29, 0.717) is 5.56 Å². The van der Waals surface area contributed by atoms with Crippen molar-refractivity contribution in [1.82, 2.24) is 9.55 Å². The molecule has 4 atom stereocenters. The summed E-state index contributed by atoms with van der Waals surface area (Å²) in [6.07, 6.45) is -3.85. The number of H-pyrrole nitrogens is 1. The molecule has 0 bridgehead atoms. The van der Waals surface area contributed by atoms with Crippen LogP contribution in [0.15, 0.2) is 52.2 Å². The van der Waals surface area contributed by atoms with Crippen LogP contribution in [0.5, 0.6) is 0 Å². The average molecular weight is 465 g/mol. The molecule has 0 radical (unpaired) electrons. The number of nitrogens with one attached hydrogen (secondary N) is 1. The predicted molar refractivity (Wildman–Crippen MR) is 119 cm³/mol. The first-order chi connectivity index (χ1) is 14.9. The number of aromatic nitrogens is 2. The van der Waals surface area contributed by atoms with Gasteiger partial charge >= 0.3 is 11.7 Å². The second kappa shape index (κ2) is 9.12. The van der Waals surface area contributed by atoms with E-state index in [1.807, 2.05) is 33.9 Å². The van der Waals surface area contributed by atoms with Gasteiger partial charge in [0, 0.05) is 12.3 Å². The molecule has 0 unspecified atom stereocenters. The Balaban J connectivity index is 1.86. The molecule has 2 aromatic rings. The molecule has 8 nitrogen and oxygen atoms in total. The van der Waals surface area contributed by atoms with Crippen molar-refractivity contribution in [2.24, 2.45) is 0 Å². The molecule has 2 heterocycles. The van der Waals surface area contributed by atoms with Gasteiger partial charge in [-0.3, -0.25) is 14.3 Å². The Hall–Kier alpha value is -2.56. The first-order valence-corrected chi connectivity index (χ1v) is 13.3. The first-order valence-electron chi connectivity index (χ1n) is 10.4. The minimum Gasteiger partial charge on any atom is -0.459 e. The highest BCUT2D eigenvalue weighted by Gasteiger charge is 2.51.